The lowest BCUT2D eigenvalue weighted by Crippen LogP contribution is -2.31. The SMILES string of the molecule is O=C(CN(Cc1cccs1)C1CC1)c1ccccc1. The lowest BCUT2D eigenvalue weighted by Gasteiger charge is -2.20. The zero-order valence-corrected chi connectivity index (χ0v) is 11.6. The van der Waals surface area contributed by atoms with Crippen LogP contribution in [-0.2, 0) is 6.54 Å². The average Bonchev–Trinajstić information content (AvgIpc) is 3.17. The first-order chi connectivity index (χ1) is 9.33. The van der Waals surface area contributed by atoms with Gasteiger partial charge < -0.3 is 0 Å². The van der Waals surface area contributed by atoms with E-state index in [1.54, 1.807) is 11.3 Å². The number of carbonyl (C=O) groups excluding carboxylic acids is 1. The molecule has 0 amide bonds. The molecule has 0 radical (unpaired) electrons. The molecular formula is C16H17NOS. The Bertz CT molecular complexity index is 531. The van der Waals surface area contributed by atoms with Gasteiger partial charge in [-0.05, 0) is 24.3 Å². The molecule has 0 saturated heterocycles. The lowest BCUT2D eigenvalue weighted by molar-refractivity contribution is 0.0920. The molecule has 2 aromatic rings. The summed E-state index contributed by atoms with van der Waals surface area (Å²) in [6.45, 7) is 1.44. The van der Waals surface area contributed by atoms with Gasteiger partial charge in [0.15, 0.2) is 5.78 Å². The van der Waals surface area contributed by atoms with E-state index in [1.807, 2.05) is 30.3 Å². The van der Waals surface area contributed by atoms with Crippen LogP contribution in [0.3, 0.4) is 0 Å². The van der Waals surface area contributed by atoms with Crippen LogP contribution in [0.4, 0.5) is 0 Å². The fourth-order valence-corrected chi connectivity index (χ4v) is 2.99. The average molecular weight is 271 g/mol. The number of thiophene rings is 1. The summed E-state index contributed by atoms with van der Waals surface area (Å²) in [4.78, 5) is 15.9. The predicted octanol–water partition coefficient (Wildman–Crippen LogP) is 3.60. The van der Waals surface area contributed by atoms with Crippen molar-refractivity contribution in [3.63, 3.8) is 0 Å². The summed E-state index contributed by atoms with van der Waals surface area (Å²) in [6, 6.07) is 14.4. The van der Waals surface area contributed by atoms with E-state index in [0.29, 0.717) is 12.6 Å². The maximum atomic E-state index is 12.3. The largest absolute Gasteiger partial charge is 0.293 e. The van der Waals surface area contributed by atoms with E-state index in [4.69, 9.17) is 0 Å². The minimum absolute atomic E-state index is 0.226. The van der Waals surface area contributed by atoms with Gasteiger partial charge in [0, 0.05) is 23.0 Å². The van der Waals surface area contributed by atoms with Gasteiger partial charge in [-0.25, -0.2) is 0 Å². The van der Waals surface area contributed by atoms with Gasteiger partial charge >= 0.3 is 0 Å². The Morgan fingerprint density at radius 1 is 1.16 bits per heavy atom. The summed E-state index contributed by atoms with van der Waals surface area (Å²) in [5, 5.41) is 2.10. The van der Waals surface area contributed by atoms with E-state index in [0.717, 1.165) is 12.1 Å². The molecule has 1 aromatic carbocycles. The van der Waals surface area contributed by atoms with Crippen molar-refractivity contribution in [2.75, 3.05) is 6.54 Å². The van der Waals surface area contributed by atoms with Crippen LogP contribution in [0.2, 0.25) is 0 Å². The van der Waals surface area contributed by atoms with E-state index in [1.165, 1.54) is 17.7 Å². The highest BCUT2D eigenvalue weighted by atomic mass is 32.1. The minimum atomic E-state index is 0.226. The third-order valence-electron chi connectivity index (χ3n) is 3.44. The topological polar surface area (TPSA) is 20.3 Å². The summed E-state index contributed by atoms with van der Waals surface area (Å²) in [5.41, 5.74) is 0.819. The van der Waals surface area contributed by atoms with Crippen LogP contribution < -0.4 is 0 Å². The quantitative estimate of drug-likeness (QED) is 0.748. The number of rotatable bonds is 6. The third kappa shape index (κ3) is 3.31. The molecule has 98 valence electrons. The van der Waals surface area contributed by atoms with Gasteiger partial charge in [-0.15, -0.1) is 11.3 Å². The molecule has 19 heavy (non-hydrogen) atoms. The van der Waals surface area contributed by atoms with Crippen LogP contribution in [0.1, 0.15) is 28.1 Å². The van der Waals surface area contributed by atoms with Crippen molar-refractivity contribution in [1.29, 1.82) is 0 Å². The number of Topliss-reactive ketones (excluding diaryl/α,β-unsaturated/α-hetero) is 1. The highest BCUT2D eigenvalue weighted by Crippen LogP contribution is 2.29. The Labute approximate surface area is 117 Å². The predicted molar refractivity (Wildman–Crippen MR) is 78.5 cm³/mol. The standard InChI is InChI=1S/C16H17NOS/c18-16(13-5-2-1-3-6-13)12-17(14-8-9-14)11-15-7-4-10-19-15/h1-7,10,14H,8-9,11-12H2. The maximum Gasteiger partial charge on any atom is 0.176 e. The first-order valence-corrected chi connectivity index (χ1v) is 7.55. The molecule has 0 bridgehead atoms. The first kappa shape index (κ1) is 12.6. The molecule has 3 heteroatoms. The smallest absolute Gasteiger partial charge is 0.176 e. The number of ketones is 1. The Hall–Kier alpha value is -1.45. The minimum Gasteiger partial charge on any atom is -0.293 e. The second-order valence-corrected chi connectivity index (χ2v) is 6.04. The van der Waals surface area contributed by atoms with E-state index >= 15 is 0 Å². The number of hydrogen-bond acceptors (Lipinski definition) is 3. The van der Waals surface area contributed by atoms with Crippen molar-refractivity contribution in [2.24, 2.45) is 0 Å². The van der Waals surface area contributed by atoms with Crippen LogP contribution in [0.5, 0.6) is 0 Å². The first-order valence-electron chi connectivity index (χ1n) is 6.67. The fraction of sp³-hybridized carbons (Fsp3) is 0.312. The molecule has 3 rings (SSSR count). The summed E-state index contributed by atoms with van der Waals surface area (Å²) < 4.78 is 0. The molecule has 0 unspecified atom stereocenters. The van der Waals surface area contributed by atoms with Crippen LogP contribution >= 0.6 is 11.3 Å². The van der Waals surface area contributed by atoms with Crippen LogP contribution in [0.25, 0.3) is 0 Å². The molecule has 0 N–H and O–H groups in total. The molecule has 2 nitrogen and oxygen atoms in total. The van der Waals surface area contributed by atoms with Crippen molar-refractivity contribution in [2.45, 2.75) is 25.4 Å². The Morgan fingerprint density at radius 3 is 2.58 bits per heavy atom. The van der Waals surface area contributed by atoms with Crippen LogP contribution in [-0.4, -0.2) is 23.3 Å². The third-order valence-corrected chi connectivity index (χ3v) is 4.31. The summed E-state index contributed by atoms with van der Waals surface area (Å²) in [5.74, 6) is 0.226. The summed E-state index contributed by atoms with van der Waals surface area (Å²) in [6.07, 6.45) is 2.46. The Morgan fingerprint density at radius 2 is 1.95 bits per heavy atom. The highest BCUT2D eigenvalue weighted by molar-refractivity contribution is 7.09. The molecule has 1 aliphatic carbocycles. The fourth-order valence-electron chi connectivity index (χ4n) is 2.26. The summed E-state index contributed by atoms with van der Waals surface area (Å²) >= 11 is 1.77. The molecule has 0 aliphatic heterocycles. The Kier molecular flexibility index (Phi) is 3.76. The van der Waals surface area contributed by atoms with Crippen molar-refractivity contribution in [1.82, 2.24) is 4.90 Å². The number of nitrogens with zero attached hydrogens (tertiary/aromatic N) is 1. The van der Waals surface area contributed by atoms with E-state index in [9.17, 15) is 4.79 Å². The summed E-state index contributed by atoms with van der Waals surface area (Å²) in [7, 11) is 0. The van der Waals surface area contributed by atoms with Gasteiger partial charge in [-0.3, -0.25) is 9.69 Å². The van der Waals surface area contributed by atoms with Crippen LogP contribution in [0.15, 0.2) is 47.8 Å². The highest BCUT2D eigenvalue weighted by Gasteiger charge is 2.30. The second kappa shape index (κ2) is 5.68. The molecule has 1 heterocycles. The van der Waals surface area contributed by atoms with Crippen molar-refractivity contribution in [3.05, 3.63) is 58.3 Å². The van der Waals surface area contributed by atoms with Crippen molar-refractivity contribution < 1.29 is 4.79 Å². The zero-order chi connectivity index (χ0) is 13.1. The number of hydrogen-bond donors (Lipinski definition) is 0. The second-order valence-electron chi connectivity index (χ2n) is 5.00. The molecule has 0 spiro atoms. The van der Waals surface area contributed by atoms with Crippen molar-refractivity contribution in [3.8, 4) is 0 Å². The lowest BCUT2D eigenvalue weighted by atomic mass is 10.1. The van der Waals surface area contributed by atoms with Gasteiger partial charge in [-0.2, -0.15) is 0 Å². The number of carbonyl (C=O) groups is 1. The molecule has 1 aromatic heterocycles. The van der Waals surface area contributed by atoms with Gasteiger partial charge in [0.05, 0.1) is 6.54 Å². The zero-order valence-electron chi connectivity index (χ0n) is 10.8. The van der Waals surface area contributed by atoms with Crippen molar-refractivity contribution >= 4 is 17.1 Å². The maximum absolute atomic E-state index is 12.3. The molecular weight excluding hydrogens is 254 g/mol. The van der Waals surface area contributed by atoms with E-state index in [2.05, 4.69) is 22.4 Å². The van der Waals surface area contributed by atoms with Crippen LogP contribution in [0, 0.1) is 0 Å². The van der Waals surface area contributed by atoms with Gasteiger partial charge in [-0.1, -0.05) is 36.4 Å². The molecule has 1 saturated carbocycles. The molecule has 0 atom stereocenters. The molecule has 1 aliphatic rings. The van der Waals surface area contributed by atoms with Gasteiger partial charge in [0.25, 0.3) is 0 Å². The van der Waals surface area contributed by atoms with E-state index in [-0.39, 0.29) is 5.78 Å². The van der Waals surface area contributed by atoms with Gasteiger partial charge in [0.2, 0.25) is 0 Å². The number of benzene rings is 1. The Balaban J connectivity index is 1.66. The van der Waals surface area contributed by atoms with Gasteiger partial charge in [0.1, 0.15) is 0 Å². The molecule has 1 fully saturated rings. The normalized spacial score (nSPS) is 14.8. The monoisotopic (exact) mass is 271 g/mol. The van der Waals surface area contributed by atoms with E-state index < -0.39 is 0 Å².